The molecule has 0 aromatic carbocycles. The molecule has 1 aliphatic rings. The molecule has 12 heavy (non-hydrogen) atoms. The SMILES string of the molecule is CC(=O)N1CC(C)(C)CC1CCl. The summed E-state index contributed by atoms with van der Waals surface area (Å²) in [6.45, 7) is 6.81. The van der Waals surface area contributed by atoms with E-state index in [0.717, 1.165) is 13.0 Å². The lowest BCUT2D eigenvalue weighted by Crippen LogP contribution is -2.35. The molecule has 0 aromatic rings. The van der Waals surface area contributed by atoms with Crippen molar-refractivity contribution in [2.45, 2.75) is 33.2 Å². The summed E-state index contributed by atoms with van der Waals surface area (Å²) in [6, 6.07) is 0.249. The fourth-order valence-corrected chi connectivity index (χ4v) is 2.18. The minimum absolute atomic E-state index is 0.145. The molecule has 1 amide bonds. The Bertz CT molecular complexity index is 191. The van der Waals surface area contributed by atoms with Crippen molar-refractivity contribution in [3.05, 3.63) is 0 Å². The standard InChI is InChI=1S/C9H16ClNO/c1-7(12)11-6-9(2,3)4-8(11)5-10/h8H,4-6H2,1-3H3. The molecule has 0 bridgehead atoms. The predicted octanol–water partition coefficient (Wildman–Crippen LogP) is 1.87. The second-order valence-corrected chi connectivity index (χ2v) is 4.63. The van der Waals surface area contributed by atoms with Crippen LogP contribution in [0.1, 0.15) is 27.2 Å². The summed E-state index contributed by atoms with van der Waals surface area (Å²) in [5.74, 6) is 0.703. The number of alkyl halides is 1. The van der Waals surface area contributed by atoms with Crippen molar-refractivity contribution in [3.63, 3.8) is 0 Å². The second-order valence-electron chi connectivity index (χ2n) is 4.32. The molecule has 70 valence electrons. The molecule has 0 saturated carbocycles. The van der Waals surface area contributed by atoms with E-state index in [1.807, 2.05) is 4.90 Å². The Hall–Kier alpha value is -0.240. The van der Waals surface area contributed by atoms with Crippen molar-refractivity contribution >= 4 is 17.5 Å². The van der Waals surface area contributed by atoms with E-state index < -0.39 is 0 Å². The Morgan fingerprint density at radius 3 is 2.58 bits per heavy atom. The van der Waals surface area contributed by atoms with Crippen LogP contribution >= 0.6 is 11.6 Å². The Kier molecular flexibility index (Phi) is 2.67. The molecule has 2 nitrogen and oxygen atoms in total. The van der Waals surface area contributed by atoms with Gasteiger partial charge in [-0.1, -0.05) is 13.8 Å². The van der Waals surface area contributed by atoms with Crippen LogP contribution in [0.25, 0.3) is 0 Å². The summed E-state index contributed by atoms with van der Waals surface area (Å²) in [7, 11) is 0. The molecule has 1 saturated heterocycles. The van der Waals surface area contributed by atoms with Crippen LogP contribution < -0.4 is 0 Å². The average Bonchev–Trinajstić information content (AvgIpc) is 2.25. The second kappa shape index (κ2) is 3.25. The van der Waals surface area contributed by atoms with Gasteiger partial charge in [0.25, 0.3) is 0 Å². The zero-order valence-electron chi connectivity index (χ0n) is 7.93. The van der Waals surface area contributed by atoms with Gasteiger partial charge < -0.3 is 4.90 Å². The third-order valence-electron chi connectivity index (χ3n) is 2.41. The molecule has 1 atom stereocenters. The number of rotatable bonds is 1. The lowest BCUT2D eigenvalue weighted by Gasteiger charge is -2.21. The maximum atomic E-state index is 11.2. The minimum Gasteiger partial charge on any atom is -0.338 e. The molecule has 3 heteroatoms. The molecule has 1 unspecified atom stereocenters. The van der Waals surface area contributed by atoms with Gasteiger partial charge >= 0.3 is 0 Å². The van der Waals surface area contributed by atoms with Crippen LogP contribution in [0.3, 0.4) is 0 Å². The largest absolute Gasteiger partial charge is 0.338 e. The summed E-state index contributed by atoms with van der Waals surface area (Å²) < 4.78 is 0. The Morgan fingerprint density at radius 1 is 1.67 bits per heavy atom. The molecular formula is C9H16ClNO. The normalized spacial score (nSPS) is 27.7. The third kappa shape index (κ3) is 1.92. The lowest BCUT2D eigenvalue weighted by molar-refractivity contribution is -0.129. The van der Waals surface area contributed by atoms with Gasteiger partial charge in [0.2, 0.25) is 5.91 Å². The predicted molar refractivity (Wildman–Crippen MR) is 50.3 cm³/mol. The van der Waals surface area contributed by atoms with Gasteiger partial charge in [0.1, 0.15) is 0 Å². The fourth-order valence-electron chi connectivity index (χ4n) is 1.91. The van der Waals surface area contributed by atoms with Crippen LogP contribution in [0.4, 0.5) is 0 Å². The third-order valence-corrected chi connectivity index (χ3v) is 2.77. The number of nitrogens with zero attached hydrogens (tertiary/aromatic N) is 1. The van der Waals surface area contributed by atoms with Crippen molar-refractivity contribution in [2.75, 3.05) is 12.4 Å². The summed E-state index contributed by atoms with van der Waals surface area (Å²) in [4.78, 5) is 13.1. The number of halogens is 1. The summed E-state index contributed by atoms with van der Waals surface area (Å²) >= 11 is 5.78. The quantitative estimate of drug-likeness (QED) is 0.577. The van der Waals surface area contributed by atoms with Crippen molar-refractivity contribution in [1.29, 1.82) is 0 Å². The lowest BCUT2D eigenvalue weighted by atomic mass is 9.91. The smallest absolute Gasteiger partial charge is 0.219 e. The molecule has 0 spiro atoms. The number of carbonyl (C=O) groups excluding carboxylic acids is 1. The molecule has 0 radical (unpaired) electrons. The summed E-state index contributed by atoms with van der Waals surface area (Å²) in [5, 5.41) is 0. The zero-order chi connectivity index (χ0) is 9.35. The van der Waals surface area contributed by atoms with Gasteiger partial charge in [-0.3, -0.25) is 4.79 Å². The highest BCUT2D eigenvalue weighted by molar-refractivity contribution is 6.18. The van der Waals surface area contributed by atoms with Crippen LogP contribution in [-0.4, -0.2) is 29.3 Å². The Balaban J connectivity index is 2.69. The van der Waals surface area contributed by atoms with E-state index in [1.165, 1.54) is 0 Å². The highest BCUT2D eigenvalue weighted by Gasteiger charge is 2.37. The average molecular weight is 190 g/mol. The monoisotopic (exact) mass is 189 g/mol. The number of carbonyl (C=O) groups is 1. The van der Waals surface area contributed by atoms with Crippen molar-refractivity contribution in [3.8, 4) is 0 Å². The summed E-state index contributed by atoms with van der Waals surface area (Å²) in [5.41, 5.74) is 0.241. The number of hydrogen-bond donors (Lipinski definition) is 0. The van der Waals surface area contributed by atoms with Crippen LogP contribution in [0, 0.1) is 5.41 Å². The molecule has 1 aliphatic heterocycles. The van der Waals surface area contributed by atoms with Gasteiger partial charge in [0.15, 0.2) is 0 Å². The maximum absolute atomic E-state index is 11.2. The van der Waals surface area contributed by atoms with Crippen molar-refractivity contribution < 1.29 is 4.79 Å². The first-order valence-electron chi connectivity index (χ1n) is 4.29. The van der Waals surface area contributed by atoms with Crippen LogP contribution in [0.2, 0.25) is 0 Å². The fraction of sp³-hybridized carbons (Fsp3) is 0.889. The molecule has 0 N–H and O–H groups in total. The van der Waals surface area contributed by atoms with Gasteiger partial charge in [-0.05, 0) is 11.8 Å². The molecule has 0 aromatic heterocycles. The van der Waals surface area contributed by atoms with Crippen molar-refractivity contribution in [2.24, 2.45) is 5.41 Å². The van der Waals surface area contributed by atoms with E-state index in [-0.39, 0.29) is 17.4 Å². The van der Waals surface area contributed by atoms with E-state index in [1.54, 1.807) is 6.92 Å². The van der Waals surface area contributed by atoms with Crippen molar-refractivity contribution in [1.82, 2.24) is 4.90 Å². The molecular weight excluding hydrogens is 174 g/mol. The van der Waals surface area contributed by atoms with Gasteiger partial charge in [-0.2, -0.15) is 0 Å². The summed E-state index contributed by atoms with van der Waals surface area (Å²) in [6.07, 6.45) is 1.02. The highest BCUT2D eigenvalue weighted by atomic mass is 35.5. The van der Waals surface area contributed by atoms with E-state index >= 15 is 0 Å². The maximum Gasteiger partial charge on any atom is 0.219 e. The van der Waals surface area contributed by atoms with Gasteiger partial charge in [-0.25, -0.2) is 0 Å². The van der Waals surface area contributed by atoms with E-state index in [4.69, 9.17) is 11.6 Å². The first-order chi connectivity index (χ1) is 5.46. The molecule has 1 rings (SSSR count). The first-order valence-corrected chi connectivity index (χ1v) is 4.83. The molecule has 1 fully saturated rings. The van der Waals surface area contributed by atoms with Crippen LogP contribution in [-0.2, 0) is 4.79 Å². The highest BCUT2D eigenvalue weighted by Crippen LogP contribution is 2.34. The van der Waals surface area contributed by atoms with Gasteiger partial charge in [0.05, 0.1) is 0 Å². The van der Waals surface area contributed by atoms with E-state index in [0.29, 0.717) is 5.88 Å². The Morgan fingerprint density at radius 2 is 2.25 bits per heavy atom. The topological polar surface area (TPSA) is 20.3 Å². The zero-order valence-corrected chi connectivity index (χ0v) is 8.69. The van der Waals surface area contributed by atoms with E-state index in [2.05, 4.69) is 13.8 Å². The molecule has 0 aliphatic carbocycles. The number of hydrogen-bond acceptors (Lipinski definition) is 1. The van der Waals surface area contributed by atoms with Gasteiger partial charge in [-0.15, -0.1) is 11.6 Å². The minimum atomic E-state index is 0.145. The molecule has 1 heterocycles. The van der Waals surface area contributed by atoms with Crippen LogP contribution in [0.5, 0.6) is 0 Å². The van der Waals surface area contributed by atoms with Gasteiger partial charge in [0, 0.05) is 25.4 Å². The van der Waals surface area contributed by atoms with E-state index in [9.17, 15) is 4.79 Å². The first kappa shape index (κ1) is 9.85. The number of likely N-dealkylation sites (tertiary alicyclic amines) is 1. The van der Waals surface area contributed by atoms with Crippen LogP contribution in [0.15, 0.2) is 0 Å². The Labute approximate surface area is 78.9 Å². The number of amides is 1.